The van der Waals surface area contributed by atoms with Crippen LogP contribution < -0.4 is 0 Å². The van der Waals surface area contributed by atoms with Crippen molar-refractivity contribution in [2.24, 2.45) is 22.2 Å². The normalized spacial score (nSPS) is 22.8. The van der Waals surface area contributed by atoms with Crippen molar-refractivity contribution in [1.29, 1.82) is 0 Å². The zero-order valence-electron chi connectivity index (χ0n) is 16.6. The average molecular weight is 370 g/mol. The summed E-state index contributed by atoms with van der Waals surface area (Å²) in [6.45, 7) is 7.87. The van der Waals surface area contributed by atoms with E-state index in [1.165, 1.54) is 11.1 Å². The predicted molar refractivity (Wildman–Crippen MR) is 106 cm³/mol. The lowest BCUT2D eigenvalue weighted by Crippen LogP contribution is -2.48. The summed E-state index contributed by atoms with van der Waals surface area (Å²) in [7, 11) is 0. The predicted octanol–water partition coefficient (Wildman–Crippen LogP) is 3.41. The van der Waals surface area contributed by atoms with E-state index in [4.69, 9.17) is 4.99 Å². The number of carboxylic acids is 1. The van der Waals surface area contributed by atoms with Gasteiger partial charge in [0.2, 0.25) is 5.91 Å². The molecule has 1 aromatic carbocycles. The first-order chi connectivity index (χ1) is 12.8. The molecule has 2 atom stereocenters. The molecule has 0 bridgehead atoms. The molecule has 27 heavy (non-hydrogen) atoms. The Kier molecular flexibility index (Phi) is 5.68. The Labute approximate surface area is 161 Å². The van der Waals surface area contributed by atoms with Crippen molar-refractivity contribution < 1.29 is 14.7 Å². The molecule has 5 nitrogen and oxygen atoms in total. The van der Waals surface area contributed by atoms with E-state index in [-0.39, 0.29) is 24.2 Å². The number of amides is 1. The summed E-state index contributed by atoms with van der Waals surface area (Å²) in [5.74, 6) is -0.395. The lowest BCUT2D eigenvalue weighted by atomic mass is 9.78. The summed E-state index contributed by atoms with van der Waals surface area (Å²) in [6.07, 6.45) is 2.60. The van der Waals surface area contributed by atoms with Gasteiger partial charge in [0.1, 0.15) is 0 Å². The Hall–Kier alpha value is -2.17. The number of aliphatic carboxylic acids is 1. The van der Waals surface area contributed by atoms with Crippen molar-refractivity contribution in [1.82, 2.24) is 4.90 Å². The highest BCUT2D eigenvalue weighted by atomic mass is 16.4. The van der Waals surface area contributed by atoms with Gasteiger partial charge < -0.3 is 10.0 Å². The smallest absolute Gasteiger partial charge is 0.303 e. The summed E-state index contributed by atoms with van der Waals surface area (Å²) in [5.41, 5.74) is 3.16. The molecule has 0 aliphatic carbocycles. The van der Waals surface area contributed by atoms with Gasteiger partial charge in [0.15, 0.2) is 0 Å². The monoisotopic (exact) mass is 370 g/mol. The second-order valence-corrected chi connectivity index (χ2v) is 8.85. The molecule has 0 unspecified atom stereocenters. The number of piperidine rings is 1. The molecule has 3 rings (SSSR count). The molecular weight excluding hydrogens is 340 g/mol. The van der Waals surface area contributed by atoms with Crippen molar-refractivity contribution in [3.05, 3.63) is 35.4 Å². The van der Waals surface area contributed by atoms with Gasteiger partial charge in [-0.25, -0.2) is 0 Å². The largest absolute Gasteiger partial charge is 0.481 e. The van der Waals surface area contributed by atoms with Gasteiger partial charge in [0, 0.05) is 37.2 Å². The van der Waals surface area contributed by atoms with E-state index >= 15 is 0 Å². The number of aliphatic imine (C=N–C) groups is 1. The van der Waals surface area contributed by atoms with E-state index in [1.807, 2.05) is 31.7 Å². The standard InChI is InChI=1S/C22H30N2O3/c1-22(2,3)21(27)24-11-9-16(13-20(25)26)17(14-24)12-19-18-7-5-4-6-15(18)8-10-23-19/h4-7,16-17H,8-14H2,1-3H3,(H,25,26)/t16-,17-/m0/s1. The third kappa shape index (κ3) is 4.57. The minimum atomic E-state index is -0.758. The maximum atomic E-state index is 12.8. The minimum Gasteiger partial charge on any atom is -0.481 e. The number of likely N-dealkylation sites (tertiary alicyclic amines) is 1. The van der Waals surface area contributed by atoms with E-state index in [9.17, 15) is 14.7 Å². The molecule has 1 saturated heterocycles. The molecule has 0 radical (unpaired) electrons. The first-order valence-electron chi connectivity index (χ1n) is 9.88. The molecular formula is C22H30N2O3. The number of carboxylic acid groups (broad SMARTS) is 1. The topological polar surface area (TPSA) is 70.0 Å². The van der Waals surface area contributed by atoms with Crippen LogP contribution in [0.4, 0.5) is 0 Å². The molecule has 1 N–H and O–H groups in total. The van der Waals surface area contributed by atoms with E-state index in [1.54, 1.807) is 0 Å². The van der Waals surface area contributed by atoms with Crippen LogP contribution in [0, 0.1) is 17.3 Å². The molecule has 1 aromatic rings. The summed E-state index contributed by atoms with van der Waals surface area (Å²) in [6, 6.07) is 8.35. The first-order valence-corrected chi connectivity index (χ1v) is 9.88. The Morgan fingerprint density at radius 2 is 1.96 bits per heavy atom. The van der Waals surface area contributed by atoms with Crippen molar-refractivity contribution in [3.63, 3.8) is 0 Å². The highest BCUT2D eigenvalue weighted by molar-refractivity contribution is 6.02. The number of carbonyl (C=O) groups excluding carboxylic acids is 1. The van der Waals surface area contributed by atoms with Crippen molar-refractivity contribution in [3.8, 4) is 0 Å². The highest BCUT2D eigenvalue weighted by Gasteiger charge is 2.37. The quantitative estimate of drug-likeness (QED) is 0.883. The van der Waals surface area contributed by atoms with Crippen LogP contribution in [0.15, 0.2) is 29.3 Å². The van der Waals surface area contributed by atoms with E-state index in [0.717, 1.165) is 31.5 Å². The zero-order valence-corrected chi connectivity index (χ0v) is 16.6. The molecule has 2 aliphatic heterocycles. The Balaban J connectivity index is 1.81. The third-order valence-electron chi connectivity index (χ3n) is 5.72. The molecule has 1 fully saturated rings. The van der Waals surface area contributed by atoms with Gasteiger partial charge in [-0.15, -0.1) is 0 Å². The Bertz CT molecular complexity index is 748. The SMILES string of the molecule is CC(C)(C)C(=O)N1CC[C@@H](CC(=O)O)[C@@H](CC2=NCCc3ccccc32)C1. The average Bonchev–Trinajstić information content (AvgIpc) is 2.61. The molecule has 0 aromatic heterocycles. The molecule has 2 heterocycles. The van der Waals surface area contributed by atoms with E-state index in [0.29, 0.717) is 13.1 Å². The zero-order chi connectivity index (χ0) is 19.6. The van der Waals surface area contributed by atoms with Crippen LogP contribution in [0.5, 0.6) is 0 Å². The van der Waals surface area contributed by atoms with Crippen LogP contribution in [0.3, 0.4) is 0 Å². The molecule has 5 heteroatoms. The van der Waals surface area contributed by atoms with Crippen LogP contribution in [0.25, 0.3) is 0 Å². The fourth-order valence-electron chi connectivity index (χ4n) is 4.30. The van der Waals surface area contributed by atoms with E-state index in [2.05, 4.69) is 18.2 Å². The first kappa shape index (κ1) is 19.6. The third-order valence-corrected chi connectivity index (χ3v) is 5.72. The molecule has 0 spiro atoms. The second-order valence-electron chi connectivity index (χ2n) is 8.85. The van der Waals surface area contributed by atoms with Gasteiger partial charge in [-0.3, -0.25) is 14.6 Å². The Morgan fingerprint density at radius 1 is 1.22 bits per heavy atom. The molecule has 2 aliphatic rings. The van der Waals surface area contributed by atoms with Crippen LogP contribution in [0.1, 0.15) is 51.2 Å². The summed E-state index contributed by atoms with van der Waals surface area (Å²) >= 11 is 0. The van der Waals surface area contributed by atoms with Gasteiger partial charge in [0.25, 0.3) is 0 Å². The number of carbonyl (C=O) groups is 2. The summed E-state index contributed by atoms with van der Waals surface area (Å²) in [4.78, 5) is 30.8. The van der Waals surface area contributed by atoms with Crippen molar-refractivity contribution >= 4 is 17.6 Å². The van der Waals surface area contributed by atoms with Crippen LogP contribution >= 0.6 is 0 Å². The van der Waals surface area contributed by atoms with Crippen molar-refractivity contribution in [2.75, 3.05) is 19.6 Å². The number of nitrogens with zero attached hydrogens (tertiary/aromatic N) is 2. The minimum absolute atomic E-state index is 0.0864. The number of rotatable bonds is 4. The molecule has 146 valence electrons. The van der Waals surface area contributed by atoms with Crippen LogP contribution in [-0.2, 0) is 16.0 Å². The fraction of sp³-hybridized carbons (Fsp3) is 0.591. The lowest BCUT2D eigenvalue weighted by molar-refractivity contribution is -0.143. The van der Waals surface area contributed by atoms with Gasteiger partial charge in [-0.05, 0) is 42.2 Å². The maximum Gasteiger partial charge on any atom is 0.303 e. The van der Waals surface area contributed by atoms with Gasteiger partial charge in [-0.1, -0.05) is 45.0 Å². The Morgan fingerprint density at radius 3 is 2.67 bits per heavy atom. The fourth-order valence-corrected chi connectivity index (χ4v) is 4.30. The summed E-state index contributed by atoms with van der Waals surface area (Å²) < 4.78 is 0. The number of hydrogen-bond acceptors (Lipinski definition) is 3. The molecule has 1 amide bonds. The molecule has 0 saturated carbocycles. The summed E-state index contributed by atoms with van der Waals surface area (Å²) in [5, 5.41) is 9.34. The lowest BCUT2D eigenvalue weighted by Gasteiger charge is -2.41. The maximum absolute atomic E-state index is 12.8. The van der Waals surface area contributed by atoms with Crippen LogP contribution in [-0.4, -0.2) is 47.2 Å². The second kappa shape index (κ2) is 7.83. The van der Waals surface area contributed by atoms with Gasteiger partial charge in [0.05, 0.1) is 0 Å². The number of hydrogen-bond donors (Lipinski definition) is 1. The highest BCUT2D eigenvalue weighted by Crippen LogP contribution is 2.33. The van der Waals surface area contributed by atoms with Gasteiger partial charge >= 0.3 is 5.97 Å². The van der Waals surface area contributed by atoms with Gasteiger partial charge in [-0.2, -0.15) is 0 Å². The van der Waals surface area contributed by atoms with E-state index < -0.39 is 11.4 Å². The number of fused-ring (bicyclic) bond motifs is 1. The number of benzene rings is 1. The van der Waals surface area contributed by atoms with Crippen molar-refractivity contribution in [2.45, 2.75) is 46.5 Å². The van der Waals surface area contributed by atoms with Crippen LogP contribution in [0.2, 0.25) is 0 Å².